The summed E-state index contributed by atoms with van der Waals surface area (Å²) in [6.07, 6.45) is 1.68. The molecule has 1 aromatic heterocycles. The lowest BCUT2D eigenvalue weighted by molar-refractivity contribution is 0.343. The number of thiocarbonyl (C=S) groups is 1. The summed E-state index contributed by atoms with van der Waals surface area (Å²) in [6.45, 7) is 2.49. The molecule has 0 N–H and O–H groups in total. The van der Waals surface area contributed by atoms with Crippen molar-refractivity contribution >= 4 is 28.4 Å². The molecule has 1 heterocycles. The van der Waals surface area contributed by atoms with Gasteiger partial charge in [-0.3, -0.25) is 0 Å². The molecule has 1 rings (SSSR count). The fraction of sp³-hybridized carbons (Fsp3) is 0.333. The van der Waals surface area contributed by atoms with Gasteiger partial charge < -0.3 is 9.47 Å². The Morgan fingerprint density at radius 2 is 2.43 bits per heavy atom. The van der Waals surface area contributed by atoms with Crippen molar-refractivity contribution in [2.75, 3.05) is 12.5 Å². The highest BCUT2D eigenvalue weighted by molar-refractivity contribution is 8.22. The van der Waals surface area contributed by atoms with Crippen molar-refractivity contribution in [3.63, 3.8) is 0 Å². The molecule has 0 amide bonds. The lowest BCUT2D eigenvalue weighted by Crippen LogP contribution is -2.01. The maximum Gasteiger partial charge on any atom is 0.223 e. The molecule has 0 unspecified atom stereocenters. The molecule has 0 saturated carbocycles. The number of hydrogen-bond donors (Lipinski definition) is 0. The number of hydrogen-bond acceptors (Lipinski definition) is 5. The van der Waals surface area contributed by atoms with Crippen molar-refractivity contribution in [1.82, 2.24) is 4.98 Å². The van der Waals surface area contributed by atoms with Crippen LogP contribution in [0.2, 0.25) is 0 Å². The topological polar surface area (TPSA) is 31.4 Å². The molecular formula is C9H11NO2S2. The third kappa shape index (κ3) is 4.43. The number of rotatable bonds is 4. The van der Waals surface area contributed by atoms with Crippen LogP contribution in [0.3, 0.4) is 0 Å². The van der Waals surface area contributed by atoms with Crippen molar-refractivity contribution in [3.8, 4) is 5.88 Å². The molecule has 5 heteroatoms. The Kier molecular flexibility index (Phi) is 5.32. The highest BCUT2D eigenvalue weighted by Crippen LogP contribution is 2.10. The van der Waals surface area contributed by atoms with Gasteiger partial charge in [-0.05, 0) is 37.0 Å². The SMILES string of the molecule is CCOC(=S)SCOc1ccccn1. The zero-order valence-corrected chi connectivity index (χ0v) is 9.44. The Balaban J connectivity index is 2.19. The van der Waals surface area contributed by atoms with E-state index in [1.807, 2.05) is 19.1 Å². The van der Waals surface area contributed by atoms with Crippen molar-refractivity contribution in [1.29, 1.82) is 0 Å². The Labute approximate surface area is 92.8 Å². The summed E-state index contributed by atoms with van der Waals surface area (Å²) >= 11 is 6.25. The summed E-state index contributed by atoms with van der Waals surface area (Å²) in [5.41, 5.74) is 0. The highest BCUT2D eigenvalue weighted by atomic mass is 32.2. The number of nitrogens with zero attached hydrogens (tertiary/aromatic N) is 1. The van der Waals surface area contributed by atoms with Crippen molar-refractivity contribution in [2.24, 2.45) is 0 Å². The molecule has 14 heavy (non-hydrogen) atoms. The first-order valence-electron chi connectivity index (χ1n) is 4.16. The molecule has 0 bridgehead atoms. The molecule has 0 aliphatic rings. The van der Waals surface area contributed by atoms with Crippen LogP contribution in [0, 0.1) is 0 Å². The third-order valence-electron chi connectivity index (χ3n) is 1.28. The Hall–Kier alpha value is -0.810. The van der Waals surface area contributed by atoms with E-state index in [2.05, 4.69) is 4.98 Å². The fourth-order valence-corrected chi connectivity index (χ4v) is 1.47. The summed E-state index contributed by atoms with van der Waals surface area (Å²) in [4.78, 5) is 4.00. The molecule has 0 aromatic carbocycles. The minimum atomic E-state index is 0.426. The molecule has 0 saturated heterocycles. The molecule has 0 radical (unpaired) electrons. The zero-order chi connectivity index (χ0) is 10.2. The maximum atomic E-state index is 5.31. The summed E-state index contributed by atoms with van der Waals surface area (Å²) < 4.78 is 10.9. The van der Waals surface area contributed by atoms with Gasteiger partial charge >= 0.3 is 0 Å². The average molecular weight is 229 g/mol. The average Bonchev–Trinajstić information content (AvgIpc) is 2.20. The Morgan fingerprint density at radius 3 is 3.07 bits per heavy atom. The third-order valence-corrected chi connectivity index (χ3v) is 2.34. The monoisotopic (exact) mass is 229 g/mol. The predicted octanol–water partition coefficient (Wildman–Crippen LogP) is 2.47. The van der Waals surface area contributed by atoms with E-state index in [4.69, 9.17) is 21.7 Å². The van der Waals surface area contributed by atoms with E-state index in [1.165, 1.54) is 11.8 Å². The minimum Gasteiger partial charge on any atom is -0.479 e. The molecule has 0 fully saturated rings. The van der Waals surface area contributed by atoms with Gasteiger partial charge in [-0.25, -0.2) is 4.98 Å². The van der Waals surface area contributed by atoms with Gasteiger partial charge in [0, 0.05) is 12.3 Å². The molecule has 1 aromatic rings. The van der Waals surface area contributed by atoms with E-state index >= 15 is 0 Å². The Morgan fingerprint density at radius 1 is 1.57 bits per heavy atom. The standard InChI is InChI=1S/C9H11NO2S2/c1-2-11-9(13)14-7-12-8-5-3-4-6-10-8/h3-6H,2,7H2,1H3. The molecule has 0 aliphatic heterocycles. The lowest BCUT2D eigenvalue weighted by atomic mass is 10.5. The number of pyridine rings is 1. The van der Waals surface area contributed by atoms with Gasteiger partial charge in [0.2, 0.25) is 10.3 Å². The van der Waals surface area contributed by atoms with Crippen LogP contribution in [-0.2, 0) is 4.74 Å². The highest BCUT2D eigenvalue weighted by Gasteiger charge is 1.98. The minimum absolute atomic E-state index is 0.426. The van der Waals surface area contributed by atoms with E-state index in [1.54, 1.807) is 12.3 Å². The summed E-state index contributed by atoms with van der Waals surface area (Å²) in [7, 11) is 0. The van der Waals surface area contributed by atoms with Crippen LogP contribution in [0.5, 0.6) is 5.88 Å². The van der Waals surface area contributed by atoms with Crippen LogP contribution in [0.4, 0.5) is 0 Å². The van der Waals surface area contributed by atoms with Crippen LogP contribution in [0.25, 0.3) is 0 Å². The number of thioether (sulfide) groups is 1. The van der Waals surface area contributed by atoms with Crippen LogP contribution >= 0.6 is 24.0 Å². The second-order valence-electron chi connectivity index (χ2n) is 2.26. The largest absolute Gasteiger partial charge is 0.479 e. The van der Waals surface area contributed by atoms with Crippen LogP contribution in [0.1, 0.15) is 6.92 Å². The van der Waals surface area contributed by atoms with Gasteiger partial charge in [-0.2, -0.15) is 0 Å². The first-order valence-corrected chi connectivity index (χ1v) is 5.55. The van der Waals surface area contributed by atoms with Gasteiger partial charge in [0.1, 0.15) is 5.94 Å². The van der Waals surface area contributed by atoms with E-state index in [-0.39, 0.29) is 0 Å². The molecular weight excluding hydrogens is 218 g/mol. The summed E-state index contributed by atoms with van der Waals surface area (Å²) in [6, 6.07) is 5.50. The quantitative estimate of drug-likeness (QED) is 0.585. The van der Waals surface area contributed by atoms with Crippen molar-refractivity contribution in [2.45, 2.75) is 6.92 Å². The predicted molar refractivity (Wildman–Crippen MR) is 61.5 cm³/mol. The van der Waals surface area contributed by atoms with Gasteiger partial charge in [-0.15, -0.1) is 0 Å². The van der Waals surface area contributed by atoms with Crippen molar-refractivity contribution < 1.29 is 9.47 Å². The summed E-state index contributed by atoms with van der Waals surface area (Å²) in [5, 5.41) is 0. The first kappa shape index (κ1) is 11.3. The van der Waals surface area contributed by atoms with Crippen LogP contribution < -0.4 is 4.74 Å². The van der Waals surface area contributed by atoms with Gasteiger partial charge in [0.25, 0.3) is 0 Å². The van der Waals surface area contributed by atoms with E-state index in [0.29, 0.717) is 22.8 Å². The smallest absolute Gasteiger partial charge is 0.223 e. The van der Waals surface area contributed by atoms with Crippen molar-refractivity contribution in [3.05, 3.63) is 24.4 Å². The van der Waals surface area contributed by atoms with E-state index in [9.17, 15) is 0 Å². The second kappa shape index (κ2) is 6.62. The van der Waals surface area contributed by atoms with Gasteiger partial charge in [0.15, 0.2) is 0 Å². The maximum absolute atomic E-state index is 5.31. The molecule has 76 valence electrons. The molecule has 0 aliphatic carbocycles. The molecule has 3 nitrogen and oxygen atoms in total. The van der Waals surface area contributed by atoms with E-state index < -0.39 is 0 Å². The normalized spacial score (nSPS) is 9.50. The van der Waals surface area contributed by atoms with Gasteiger partial charge in [0.05, 0.1) is 6.61 Å². The molecule has 0 spiro atoms. The van der Waals surface area contributed by atoms with Gasteiger partial charge in [-0.1, -0.05) is 6.07 Å². The summed E-state index contributed by atoms with van der Waals surface area (Å²) in [5.74, 6) is 1.02. The lowest BCUT2D eigenvalue weighted by Gasteiger charge is -2.05. The van der Waals surface area contributed by atoms with Crippen LogP contribution in [0.15, 0.2) is 24.4 Å². The second-order valence-corrected chi connectivity index (χ2v) is 3.78. The van der Waals surface area contributed by atoms with Crippen LogP contribution in [-0.4, -0.2) is 21.9 Å². The fourth-order valence-electron chi connectivity index (χ4n) is 0.730. The Bertz CT molecular complexity index is 279. The molecule has 0 atom stereocenters. The first-order chi connectivity index (χ1) is 6.83. The van der Waals surface area contributed by atoms with E-state index in [0.717, 1.165) is 0 Å². The number of aromatic nitrogens is 1. The zero-order valence-electron chi connectivity index (χ0n) is 7.80. The number of ether oxygens (including phenoxy) is 2.